The molecule has 0 saturated carbocycles. The van der Waals surface area contributed by atoms with Crippen LogP contribution in [0, 0.1) is 5.82 Å². The van der Waals surface area contributed by atoms with E-state index in [0.717, 1.165) is 23.3 Å². The summed E-state index contributed by atoms with van der Waals surface area (Å²) < 4.78 is 16.9. The van der Waals surface area contributed by atoms with Crippen LogP contribution < -0.4 is 11.1 Å². The third-order valence-electron chi connectivity index (χ3n) is 4.31. The number of anilines is 3. The largest absolute Gasteiger partial charge is 0.368 e. The van der Waals surface area contributed by atoms with E-state index in [0.29, 0.717) is 23.1 Å². The molecule has 0 aliphatic carbocycles. The van der Waals surface area contributed by atoms with E-state index in [-0.39, 0.29) is 11.9 Å². The predicted octanol–water partition coefficient (Wildman–Crippen LogP) is 2.11. The van der Waals surface area contributed by atoms with Gasteiger partial charge in [0.05, 0.1) is 24.1 Å². The number of nitrogens with zero attached hydrogens (tertiary/aromatic N) is 7. The fraction of sp³-hybridized carbons (Fsp3) is 0.235. The summed E-state index contributed by atoms with van der Waals surface area (Å²) in [5.74, 6) is 1.16. The van der Waals surface area contributed by atoms with Crippen molar-refractivity contribution in [3.8, 4) is 0 Å². The summed E-state index contributed by atoms with van der Waals surface area (Å²) in [7, 11) is 3.76. The van der Waals surface area contributed by atoms with Crippen LogP contribution in [0.2, 0.25) is 0 Å². The first-order chi connectivity index (χ1) is 12.9. The van der Waals surface area contributed by atoms with Gasteiger partial charge in [-0.05, 0) is 5.56 Å². The second-order valence-electron chi connectivity index (χ2n) is 6.35. The lowest BCUT2D eigenvalue weighted by atomic mass is 10.0. The standard InChI is InChI=1S/C17H18FN9/c1-9(14-20-4-10(18)5-21-14)11-6-27(3)16-13(11)15(24-17(19)25-16)23-12-7-26(2)8-22-12/h4-9H,1-3H3,(H3,19,23,24,25). The molecule has 0 bridgehead atoms. The smallest absolute Gasteiger partial charge is 0.224 e. The van der Waals surface area contributed by atoms with Crippen molar-refractivity contribution >= 4 is 28.6 Å². The van der Waals surface area contributed by atoms with Crippen LogP contribution in [0.1, 0.15) is 24.2 Å². The van der Waals surface area contributed by atoms with E-state index in [9.17, 15) is 4.39 Å². The molecule has 0 spiro atoms. The summed E-state index contributed by atoms with van der Waals surface area (Å²) in [6, 6.07) is 0. The summed E-state index contributed by atoms with van der Waals surface area (Å²) in [5.41, 5.74) is 7.47. The second-order valence-corrected chi connectivity index (χ2v) is 6.35. The summed E-state index contributed by atoms with van der Waals surface area (Å²) in [6.45, 7) is 1.95. The molecule has 10 heteroatoms. The number of nitrogen functional groups attached to an aromatic ring is 1. The number of hydrogen-bond donors (Lipinski definition) is 2. The van der Waals surface area contributed by atoms with Crippen LogP contribution >= 0.6 is 0 Å². The van der Waals surface area contributed by atoms with E-state index < -0.39 is 5.82 Å². The molecule has 1 atom stereocenters. The van der Waals surface area contributed by atoms with Crippen molar-refractivity contribution in [1.29, 1.82) is 0 Å². The summed E-state index contributed by atoms with van der Waals surface area (Å²) >= 11 is 0. The van der Waals surface area contributed by atoms with Gasteiger partial charge in [-0.1, -0.05) is 6.92 Å². The maximum Gasteiger partial charge on any atom is 0.224 e. The molecule has 0 amide bonds. The molecule has 1 unspecified atom stereocenters. The van der Waals surface area contributed by atoms with E-state index in [1.807, 2.05) is 42.5 Å². The van der Waals surface area contributed by atoms with E-state index in [4.69, 9.17) is 5.73 Å². The van der Waals surface area contributed by atoms with E-state index in [1.165, 1.54) is 0 Å². The highest BCUT2D eigenvalue weighted by atomic mass is 19.1. The topological polar surface area (TPSA) is 112 Å². The van der Waals surface area contributed by atoms with Crippen LogP contribution in [0.5, 0.6) is 0 Å². The van der Waals surface area contributed by atoms with Gasteiger partial charge >= 0.3 is 0 Å². The van der Waals surface area contributed by atoms with Gasteiger partial charge in [0, 0.05) is 32.4 Å². The molecular weight excluding hydrogens is 349 g/mol. The highest BCUT2D eigenvalue weighted by Crippen LogP contribution is 2.34. The van der Waals surface area contributed by atoms with E-state index in [1.54, 1.807) is 6.33 Å². The Morgan fingerprint density at radius 1 is 1.11 bits per heavy atom. The lowest BCUT2D eigenvalue weighted by Gasteiger charge is -2.11. The maximum atomic E-state index is 13.2. The first-order valence-corrected chi connectivity index (χ1v) is 8.27. The fourth-order valence-corrected chi connectivity index (χ4v) is 3.02. The van der Waals surface area contributed by atoms with Crippen LogP contribution in [-0.4, -0.2) is 34.1 Å². The minimum atomic E-state index is -0.475. The van der Waals surface area contributed by atoms with Gasteiger partial charge in [0.25, 0.3) is 0 Å². The Morgan fingerprint density at radius 3 is 2.52 bits per heavy atom. The fourth-order valence-electron chi connectivity index (χ4n) is 3.02. The average Bonchev–Trinajstić information content (AvgIpc) is 3.18. The Morgan fingerprint density at radius 2 is 1.85 bits per heavy atom. The molecule has 0 aliphatic rings. The van der Waals surface area contributed by atoms with Gasteiger partial charge in [0.2, 0.25) is 5.95 Å². The Hall–Kier alpha value is -3.56. The first-order valence-electron chi connectivity index (χ1n) is 8.27. The molecule has 0 aliphatic heterocycles. The van der Waals surface area contributed by atoms with Crippen molar-refractivity contribution in [2.75, 3.05) is 11.1 Å². The van der Waals surface area contributed by atoms with Gasteiger partial charge in [-0.15, -0.1) is 0 Å². The highest BCUT2D eigenvalue weighted by Gasteiger charge is 2.22. The Kier molecular flexibility index (Phi) is 3.94. The van der Waals surface area contributed by atoms with Crippen molar-refractivity contribution in [1.82, 2.24) is 34.1 Å². The van der Waals surface area contributed by atoms with Gasteiger partial charge in [-0.25, -0.2) is 19.3 Å². The summed E-state index contributed by atoms with van der Waals surface area (Å²) in [6.07, 6.45) is 7.76. The third kappa shape index (κ3) is 3.05. The SMILES string of the molecule is CC(c1ncc(F)cn1)c1cn(C)c2nc(N)nc(Nc3cn(C)cn3)c12. The number of fused-ring (bicyclic) bond motifs is 1. The molecule has 0 fully saturated rings. The lowest BCUT2D eigenvalue weighted by molar-refractivity contribution is 0.606. The van der Waals surface area contributed by atoms with E-state index >= 15 is 0 Å². The second kappa shape index (κ2) is 6.31. The molecule has 0 saturated heterocycles. The van der Waals surface area contributed by atoms with Gasteiger partial charge in [-0.3, -0.25) is 0 Å². The number of aromatic nitrogens is 7. The summed E-state index contributed by atoms with van der Waals surface area (Å²) in [4.78, 5) is 21.2. The van der Waals surface area contributed by atoms with Crippen LogP contribution in [0.25, 0.3) is 11.0 Å². The van der Waals surface area contributed by atoms with Gasteiger partial charge in [0.1, 0.15) is 23.1 Å². The number of halogens is 1. The number of hydrogen-bond acceptors (Lipinski definition) is 7. The average molecular weight is 367 g/mol. The van der Waals surface area contributed by atoms with Crippen molar-refractivity contribution in [2.24, 2.45) is 14.1 Å². The van der Waals surface area contributed by atoms with Crippen molar-refractivity contribution in [3.63, 3.8) is 0 Å². The van der Waals surface area contributed by atoms with Gasteiger partial charge in [-0.2, -0.15) is 9.97 Å². The molecule has 4 aromatic heterocycles. The van der Waals surface area contributed by atoms with Crippen molar-refractivity contribution in [3.05, 3.63) is 48.3 Å². The quantitative estimate of drug-likeness (QED) is 0.568. The predicted molar refractivity (Wildman–Crippen MR) is 98.9 cm³/mol. The van der Waals surface area contributed by atoms with E-state index in [2.05, 4.69) is 30.2 Å². The molecule has 3 N–H and O–H groups in total. The molecule has 4 aromatic rings. The van der Waals surface area contributed by atoms with Crippen molar-refractivity contribution < 1.29 is 4.39 Å². The molecular formula is C17H18FN9. The van der Waals surface area contributed by atoms with Gasteiger partial charge in [0.15, 0.2) is 5.82 Å². The van der Waals surface area contributed by atoms with Crippen LogP contribution in [-0.2, 0) is 14.1 Å². The molecule has 9 nitrogen and oxygen atoms in total. The van der Waals surface area contributed by atoms with Crippen molar-refractivity contribution in [2.45, 2.75) is 12.8 Å². The third-order valence-corrected chi connectivity index (χ3v) is 4.31. The minimum Gasteiger partial charge on any atom is -0.368 e. The zero-order chi connectivity index (χ0) is 19.1. The Labute approximate surface area is 154 Å². The number of nitrogens with two attached hydrogens (primary N) is 1. The summed E-state index contributed by atoms with van der Waals surface area (Å²) in [5, 5.41) is 3.99. The molecule has 0 aromatic carbocycles. The van der Waals surface area contributed by atoms with Gasteiger partial charge < -0.3 is 20.2 Å². The number of imidazole rings is 1. The monoisotopic (exact) mass is 367 g/mol. The minimum absolute atomic E-state index is 0.152. The highest BCUT2D eigenvalue weighted by molar-refractivity contribution is 5.93. The van der Waals surface area contributed by atoms with Crippen LogP contribution in [0.4, 0.5) is 22.0 Å². The molecule has 27 heavy (non-hydrogen) atoms. The first kappa shape index (κ1) is 16.9. The van der Waals surface area contributed by atoms with Crippen LogP contribution in [0.15, 0.2) is 31.1 Å². The Balaban J connectivity index is 1.86. The lowest BCUT2D eigenvalue weighted by Crippen LogP contribution is -2.05. The molecule has 4 rings (SSSR count). The number of aryl methyl sites for hydroxylation is 2. The Bertz CT molecular complexity index is 1110. The zero-order valence-corrected chi connectivity index (χ0v) is 15.0. The maximum absolute atomic E-state index is 13.2. The molecule has 4 heterocycles. The molecule has 0 radical (unpaired) electrons. The number of rotatable bonds is 4. The number of nitrogens with one attached hydrogen (secondary N) is 1. The van der Waals surface area contributed by atoms with Crippen LogP contribution in [0.3, 0.4) is 0 Å². The zero-order valence-electron chi connectivity index (χ0n) is 15.0. The molecule has 138 valence electrons. The normalized spacial score (nSPS) is 12.4.